The molecule has 2 heterocycles. The normalized spacial score (nSPS) is 15.5. The highest BCUT2D eigenvalue weighted by Crippen LogP contribution is 2.43. The van der Waals surface area contributed by atoms with Gasteiger partial charge in [-0.2, -0.15) is 5.26 Å². The molecule has 1 saturated carbocycles. The summed E-state index contributed by atoms with van der Waals surface area (Å²) in [6, 6.07) is 5.65. The molecule has 0 radical (unpaired) electrons. The Kier molecular flexibility index (Phi) is 1.83. The fraction of sp³-hybridized carbons (Fsp3) is 0.273. The molecule has 3 rings (SSSR count). The number of hydrogen-bond acceptors (Lipinski definition) is 3. The van der Waals surface area contributed by atoms with E-state index in [1.807, 2.05) is 12.1 Å². The van der Waals surface area contributed by atoms with Gasteiger partial charge in [0.25, 0.3) is 0 Å². The molecule has 0 bridgehead atoms. The molecule has 74 valence electrons. The minimum atomic E-state index is 0.354. The number of rotatable bonds is 1. The van der Waals surface area contributed by atoms with Crippen molar-refractivity contribution in [2.75, 3.05) is 0 Å². The highest BCUT2D eigenvalue weighted by atomic mass is 79.9. The Labute approximate surface area is 94.8 Å². The molecule has 0 saturated heterocycles. The van der Waals surface area contributed by atoms with E-state index in [1.165, 1.54) is 12.8 Å². The molecule has 0 aromatic carbocycles. The minimum absolute atomic E-state index is 0.354. The Balaban J connectivity index is 2.32. The van der Waals surface area contributed by atoms with Crippen molar-refractivity contribution >= 4 is 26.9 Å². The number of nitriles is 1. The summed E-state index contributed by atoms with van der Waals surface area (Å²) in [5.74, 6) is 0.870. The molecule has 1 fully saturated rings. The first-order valence-corrected chi connectivity index (χ1v) is 5.57. The van der Waals surface area contributed by atoms with Crippen molar-refractivity contribution in [1.82, 2.24) is 4.98 Å². The lowest BCUT2D eigenvalue weighted by Gasteiger charge is -1.99. The van der Waals surface area contributed by atoms with Crippen LogP contribution < -0.4 is 0 Å². The van der Waals surface area contributed by atoms with E-state index in [2.05, 4.69) is 20.9 Å². The fourth-order valence-corrected chi connectivity index (χ4v) is 2.17. The zero-order chi connectivity index (χ0) is 10.4. The van der Waals surface area contributed by atoms with Crippen molar-refractivity contribution in [3.8, 4) is 6.07 Å². The van der Waals surface area contributed by atoms with Crippen molar-refractivity contribution in [1.29, 1.82) is 5.26 Å². The molecule has 4 heteroatoms. The summed E-state index contributed by atoms with van der Waals surface area (Å²) in [6.45, 7) is 0. The van der Waals surface area contributed by atoms with E-state index >= 15 is 0 Å². The van der Waals surface area contributed by atoms with Crippen LogP contribution in [0, 0.1) is 11.3 Å². The molecule has 2 aromatic heterocycles. The van der Waals surface area contributed by atoms with Crippen molar-refractivity contribution in [3.05, 3.63) is 28.2 Å². The number of halogens is 1. The van der Waals surface area contributed by atoms with E-state index in [1.54, 1.807) is 6.07 Å². The Bertz CT molecular complexity index is 578. The molecule has 15 heavy (non-hydrogen) atoms. The first kappa shape index (κ1) is 8.93. The van der Waals surface area contributed by atoms with Crippen LogP contribution in [0.5, 0.6) is 0 Å². The maximum atomic E-state index is 8.78. The summed E-state index contributed by atoms with van der Waals surface area (Å²) in [7, 11) is 0. The summed E-state index contributed by atoms with van der Waals surface area (Å²) >= 11 is 3.37. The van der Waals surface area contributed by atoms with Crippen LogP contribution in [-0.4, -0.2) is 4.98 Å². The predicted molar refractivity (Wildman–Crippen MR) is 58.4 cm³/mol. The van der Waals surface area contributed by atoms with Gasteiger partial charge in [-0.15, -0.1) is 0 Å². The Morgan fingerprint density at radius 2 is 2.27 bits per heavy atom. The SMILES string of the molecule is N#Cc1cc2cc(Br)nc(C3CC3)c2o1. The third-order valence-electron chi connectivity index (χ3n) is 2.57. The van der Waals surface area contributed by atoms with E-state index < -0.39 is 0 Å². The number of hydrogen-bond donors (Lipinski definition) is 0. The Morgan fingerprint density at radius 1 is 1.47 bits per heavy atom. The van der Waals surface area contributed by atoms with E-state index in [0.717, 1.165) is 21.3 Å². The molecule has 0 aliphatic heterocycles. The second kappa shape index (κ2) is 3.07. The highest BCUT2D eigenvalue weighted by Gasteiger charge is 2.29. The van der Waals surface area contributed by atoms with E-state index in [4.69, 9.17) is 9.68 Å². The van der Waals surface area contributed by atoms with Crippen molar-refractivity contribution in [2.24, 2.45) is 0 Å². The summed E-state index contributed by atoms with van der Waals surface area (Å²) in [5, 5.41) is 9.73. The largest absolute Gasteiger partial charge is 0.444 e. The highest BCUT2D eigenvalue weighted by molar-refractivity contribution is 9.10. The molecular weight excluding hydrogens is 256 g/mol. The van der Waals surface area contributed by atoms with Gasteiger partial charge in [0, 0.05) is 17.4 Å². The average molecular weight is 263 g/mol. The molecule has 0 N–H and O–H groups in total. The van der Waals surface area contributed by atoms with Gasteiger partial charge in [-0.3, -0.25) is 0 Å². The summed E-state index contributed by atoms with van der Waals surface area (Å²) in [4.78, 5) is 4.42. The lowest BCUT2D eigenvalue weighted by molar-refractivity contribution is 0.592. The van der Waals surface area contributed by atoms with Crippen molar-refractivity contribution in [3.63, 3.8) is 0 Å². The van der Waals surface area contributed by atoms with Crippen molar-refractivity contribution < 1.29 is 4.42 Å². The van der Waals surface area contributed by atoms with E-state index in [0.29, 0.717) is 11.7 Å². The summed E-state index contributed by atoms with van der Waals surface area (Å²) < 4.78 is 6.27. The zero-order valence-electron chi connectivity index (χ0n) is 7.83. The zero-order valence-corrected chi connectivity index (χ0v) is 9.41. The third kappa shape index (κ3) is 1.44. The van der Waals surface area contributed by atoms with Crippen molar-refractivity contribution in [2.45, 2.75) is 18.8 Å². The lowest BCUT2D eigenvalue weighted by Crippen LogP contribution is -1.87. The number of nitrogens with zero attached hydrogens (tertiary/aromatic N) is 2. The van der Waals surface area contributed by atoms with Crippen LogP contribution in [0.1, 0.15) is 30.2 Å². The second-order valence-corrected chi connectivity index (χ2v) is 4.56. The quantitative estimate of drug-likeness (QED) is 0.741. The van der Waals surface area contributed by atoms with Crippen LogP contribution in [0.4, 0.5) is 0 Å². The molecule has 1 aliphatic carbocycles. The van der Waals surface area contributed by atoms with Crippen LogP contribution in [-0.2, 0) is 0 Å². The number of pyridine rings is 1. The second-order valence-electron chi connectivity index (χ2n) is 3.75. The van der Waals surface area contributed by atoms with Gasteiger partial charge >= 0.3 is 0 Å². The molecule has 0 amide bonds. The van der Waals surface area contributed by atoms with Gasteiger partial charge in [-0.25, -0.2) is 4.98 Å². The van der Waals surface area contributed by atoms with Crippen LogP contribution >= 0.6 is 15.9 Å². The van der Waals surface area contributed by atoms with Gasteiger partial charge in [0.1, 0.15) is 10.7 Å². The average Bonchev–Trinajstić information content (AvgIpc) is 2.97. The molecule has 0 atom stereocenters. The van der Waals surface area contributed by atoms with Crippen LogP contribution in [0.15, 0.2) is 21.2 Å². The molecule has 0 spiro atoms. The first-order chi connectivity index (χ1) is 7.28. The summed E-state index contributed by atoms with van der Waals surface area (Å²) in [5.41, 5.74) is 1.76. The number of fused-ring (bicyclic) bond motifs is 1. The van der Waals surface area contributed by atoms with Gasteiger partial charge in [0.2, 0.25) is 5.76 Å². The van der Waals surface area contributed by atoms with Gasteiger partial charge in [-0.05, 0) is 34.8 Å². The molecule has 0 unspecified atom stereocenters. The molecular formula is C11H7BrN2O. The minimum Gasteiger partial charge on any atom is -0.444 e. The monoisotopic (exact) mass is 262 g/mol. The van der Waals surface area contributed by atoms with Crippen LogP contribution in [0.3, 0.4) is 0 Å². The van der Waals surface area contributed by atoms with E-state index in [-0.39, 0.29) is 0 Å². The van der Waals surface area contributed by atoms with Gasteiger partial charge in [-0.1, -0.05) is 0 Å². The fourth-order valence-electron chi connectivity index (χ4n) is 1.73. The van der Waals surface area contributed by atoms with Gasteiger partial charge in [0.05, 0.1) is 5.69 Å². The standard InChI is InChI=1S/C11H7BrN2O/c12-9-4-7-3-8(5-13)15-11(7)10(14-9)6-1-2-6/h3-4,6H,1-2H2. The Morgan fingerprint density at radius 3 is 2.93 bits per heavy atom. The van der Waals surface area contributed by atoms with Gasteiger partial charge < -0.3 is 4.42 Å². The van der Waals surface area contributed by atoms with E-state index in [9.17, 15) is 0 Å². The van der Waals surface area contributed by atoms with Crippen LogP contribution in [0.2, 0.25) is 0 Å². The lowest BCUT2D eigenvalue weighted by atomic mass is 10.2. The third-order valence-corrected chi connectivity index (χ3v) is 2.98. The summed E-state index contributed by atoms with van der Waals surface area (Å²) in [6.07, 6.45) is 2.34. The number of aromatic nitrogens is 1. The molecule has 3 nitrogen and oxygen atoms in total. The molecule has 2 aromatic rings. The first-order valence-electron chi connectivity index (χ1n) is 4.78. The number of furan rings is 1. The maximum Gasteiger partial charge on any atom is 0.204 e. The predicted octanol–water partition coefficient (Wildman–Crippen LogP) is 3.34. The topological polar surface area (TPSA) is 49.8 Å². The molecule has 1 aliphatic rings. The Hall–Kier alpha value is -1.34. The van der Waals surface area contributed by atoms with Crippen LogP contribution in [0.25, 0.3) is 11.0 Å². The smallest absolute Gasteiger partial charge is 0.204 e. The van der Waals surface area contributed by atoms with Gasteiger partial charge in [0.15, 0.2) is 5.58 Å². The maximum absolute atomic E-state index is 8.78.